The van der Waals surface area contributed by atoms with Crippen molar-refractivity contribution >= 4 is 39.9 Å². The second-order valence-corrected chi connectivity index (χ2v) is 5.87. The minimum Gasteiger partial charge on any atom is -0.507 e. The summed E-state index contributed by atoms with van der Waals surface area (Å²) in [6, 6.07) is 13.6. The van der Waals surface area contributed by atoms with E-state index in [1.165, 1.54) is 18.2 Å². The fourth-order valence-electron chi connectivity index (χ4n) is 2.38. The summed E-state index contributed by atoms with van der Waals surface area (Å²) in [5.74, 6) is -2.26. The molecule has 0 aliphatic carbocycles. The Balaban J connectivity index is 1.66. The van der Waals surface area contributed by atoms with E-state index in [0.717, 1.165) is 22.9 Å². The number of halogens is 2. The number of amides is 1. The van der Waals surface area contributed by atoms with E-state index in [0.29, 0.717) is 0 Å². The van der Waals surface area contributed by atoms with E-state index in [2.05, 4.69) is 5.32 Å². The highest BCUT2D eigenvalue weighted by molar-refractivity contribution is 6.33. The number of phenols is 1. The van der Waals surface area contributed by atoms with Crippen molar-refractivity contribution in [1.29, 1.82) is 0 Å². The van der Waals surface area contributed by atoms with Gasteiger partial charge in [0.1, 0.15) is 17.1 Å². The first-order valence-corrected chi connectivity index (χ1v) is 7.95. The first-order valence-electron chi connectivity index (χ1n) is 7.58. The summed E-state index contributed by atoms with van der Waals surface area (Å²) in [6.45, 7) is -0.585. The smallest absolute Gasteiger partial charge is 0.342 e. The average molecular weight is 374 g/mol. The molecule has 132 valence electrons. The van der Waals surface area contributed by atoms with Gasteiger partial charge in [-0.1, -0.05) is 35.9 Å². The van der Waals surface area contributed by atoms with Crippen molar-refractivity contribution in [2.45, 2.75) is 0 Å². The highest BCUT2D eigenvalue weighted by Gasteiger charge is 2.16. The quantitative estimate of drug-likeness (QED) is 0.674. The largest absolute Gasteiger partial charge is 0.507 e. The number of rotatable bonds is 4. The van der Waals surface area contributed by atoms with E-state index in [1.807, 2.05) is 6.07 Å². The summed E-state index contributed by atoms with van der Waals surface area (Å²) in [7, 11) is 0. The van der Waals surface area contributed by atoms with Gasteiger partial charge in [0.25, 0.3) is 5.91 Å². The summed E-state index contributed by atoms with van der Waals surface area (Å²) in [4.78, 5) is 24.0. The number of fused-ring (bicyclic) bond motifs is 1. The molecule has 2 N–H and O–H groups in total. The summed E-state index contributed by atoms with van der Waals surface area (Å²) < 4.78 is 17.9. The van der Waals surface area contributed by atoms with Crippen LogP contribution >= 0.6 is 11.6 Å². The third kappa shape index (κ3) is 3.92. The highest BCUT2D eigenvalue weighted by atomic mass is 35.5. The first-order chi connectivity index (χ1) is 12.4. The van der Waals surface area contributed by atoms with Gasteiger partial charge in [-0.15, -0.1) is 0 Å². The summed E-state index contributed by atoms with van der Waals surface area (Å²) >= 11 is 5.81. The minimum atomic E-state index is -0.839. The molecule has 3 aromatic rings. The maximum absolute atomic E-state index is 13.0. The van der Waals surface area contributed by atoms with Crippen LogP contribution in [0, 0.1) is 5.82 Å². The number of carbonyl (C=O) groups is 2. The molecule has 0 spiro atoms. The number of ether oxygens (including phenoxy) is 1. The van der Waals surface area contributed by atoms with Crippen LogP contribution in [0.1, 0.15) is 10.4 Å². The van der Waals surface area contributed by atoms with E-state index < -0.39 is 24.3 Å². The van der Waals surface area contributed by atoms with Crippen LogP contribution in [0.2, 0.25) is 5.02 Å². The van der Waals surface area contributed by atoms with Crippen molar-refractivity contribution < 1.29 is 23.8 Å². The Labute approximate surface area is 153 Å². The number of hydrogen-bond donors (Lipinski definition) is 2. The highest BCUT2D eigenvalue weighted by Crippen LogP contribution is 2.26. The van der Waals surface area contributed by atoms with Crippen LogP contribution in [0.3, 0.4) is 0 Å². The molecule has 0 saturated carbocycles. The van der Waals surface area contributed by atoms with Crippen molar-refractivity contribution in [2.75, 3.05) is 11.9 Å². The number of phenolic OH excluding ortho intramolecular Hbond substituents is 1. The SMILES string of the molecule is O=C(COC(=O)c1cc2ccccc2cc1O)Nc1ccc(F)cc1Cl. The Bertz CT molecular complexity index is 1010. The van der Waals surface area contributed by atoms with Gasteiger partial charge in [-0.05, 0) is 41.1 Å². The summed E-state index contributed by atoms with van der Waals surface area (Å²) in [5, 5.41) is 13.9. The van der Waals surface area contributed by atoms with Gasteiger partial charge >= 0.3 is 5.97 Å². The van der Waals surface area contributed by atoms with Crippen LogP contribution in [-0.2, 0) is 9.53 Å². The Morgan fingerprint density at radius 1 is 1.08 bits per heavy atom. The van der Waals surface area contributed by atoms with Gasteiger partial charge in [0.2, 0.25) is 0 Å². The number of benzene rings is 3. The zero-order chi connectivity index (χ0) is 18.7. The van der Waals surface area contributed by atoms with Gasteiger partial charge in [0.05, 0.1) is 10.7 Å². The van der Waals surface area contributed by atoms with Gasteiger partial charge in [0.15, 0.2) is 6.61 Å². The van der Waals surface area contributed by atoms with Crippen LogP contribution in [-0.4, -0.2) is 23.6 Å². The predicted molar refractivity (Wildman–Crippen MR) is 95.9 cm³/mol. The molecular weight excluding hydrogens is 361 g/mol. The second kappa shape index (κ2) is 7.41. The lowest BCUT2D eigenvalue weighted by atomic mass is 10.1. The van der Waals surface area contributed by atoms with E-state index in [4.69, 9.17) is 16.3 Å². The van der Waals surface area contributed by atoms with Gasteiger partial charge in [0, 0.05) is 0 Å². The Morgan fingerprint density at radius 3 is 2.46 bits per heavy atom. The molecular formula is C19H13ClFNO4. The van der Waals surface area contributed by atoms with Crippen molar-refractivity contribution in [3.8, 4) is 5.75 Å². The Kier molecular flexibility index (Phi) is 5.04. The molecule has 0 heterocycles. The Hall–Kier alpha value is -3.12. The number of esters is 1. The van der Waals surface area contributed by atoms with Crippen LogP contribution in [0.4, 0.5) is 10.1 Å². The third-order valence-electron chi connectivity index (χ3n) is 3.62. The van der Waals surface area contributed by atoms with E-state index in [1.54, 1.807) is 18.2 Å². The van der Waals surface area contributed by atoms with Gasteiger partial charge < -0.3 is 15.2 Å². The average Bonchev–Trinajstić information content (AvgIpc) is 2.61. The van der Waals surface area contributed by atoms with Crippen molar-refractivity contribution in [1.82, 2.24) is 0 Å². The lowest BCUT2D eigenvalue weighted by Gasteiger charge is -2.09. The molecule has 0 bridgehead atoms. The van der Waals surface area contributed by atoms with E-state index in [-0.39, 0.29) is 22.0 Å². The number of hydrogen-bond acceptors (Lipinski definition) is 4. The molecule has 3 aromatic carbocycles. The molecule has 0 atom stereocenters. The molecule has 0 fully saturated rings. The first kappa shape index (κ1) is 17.7. The molecule has 5 nitrogen and oxygen atoms in total. The maximum atomic E-state index is 13.0. The molecule has 26 heavy (non-hydrogen) atoms. The topological polar surface area (TPSA) is 75.6 Å². The summed E-state index contributed by atoms with van der Waals surface area (Å²) in [5.41, 5.74) is 0.152. The molecule has 0 radical (unpaired) electrons. The van der Waals surface area contributed by atoms with Crippen LogP contribution in [0.5, 0.6) is 5.75 Å². The fourth-order valence-corrected chi connectivity index (χ4v) is 2.59. The van der Waals surface area contributed by atoms with Gasteiger partial charge in [-0.3, -0.25) is 4.79 Å². The van der Waals surface area contributed by atoms with Gasteiger partial charge in [-0.25, -0.2) is 9.18 Å². The lowest BCUT2D eigenvalue weighted by Crippen LogP contribution is -2.21. The van der Waals surface area contributed by atoms with Crippen LogP contribution in [0.25, 0.3) is 10.8 Å². The van der Waals surface area contributed by atoms with Crippen LogP contribution < -0.4 is 5.32 Å². The zero-order valence-corrected chi connectivity index (χ0v) is 14.1. The predicted octanol–water partition coefficient (Wildman–Crippen LogP) is 4.13. The van der Waals surface area contributed by atoms with E-state index >= 15 is 0 Å². The molecule has 0 aromatic heterocycles. The van der Waals surface area contributed by atoms with Gasteiger partial charge in [-0.2, -0.15) is 0 Å². The number of nitrogens with one attached hydrogen (secondary N) is 1. The maximum Gasteiger partial charge on any atom is 0.342 e. The van der Waals surface area contributed by atoms with E-state index in [9.17, 15) is 19.1 Å². The number of anilines is 1. The molecule has 1 amide bonds. The normalized spacial score (nSPS) is 10.5. The second-order valence-electron chi connectivity index (χ2n) is 5.46. The molecule has 7 heteroatoms. The molecule has 0 aliphatic heterocycles. The molecule has 0 saturated heterocycles. The standard InChI is InChI=1S/C19H13ClFNO4/c20-15-9-13(21)5-6-16(15)22-18(24)10-26-19(25)14-7-11-3-1-2-4-12(11)8-17(14)23/h1-9,23H,10H2,(H,22,24). The zero-order valence-electron chi connectivity index (χ0n) is 13.3. The van der Waals surface area contributed by atoms with Crippen molar-refractivity contribution in [3.05, 3.63) is 71.0 Å². The molecule has 0 aliphatic rings. The molecule has 3 rings (SSSR count). The van der Waals surface area contributed by atoms with Crippen molar-refractivity contribution in [2.24, 2.45) is 0 Å². The van der Waals surface area contributed by atoms with Crippen LogP contribution in [0.15, 0.2) is 54.6 Å². The summed E-state index contributed by atoms with van der Waals surface area (Å²) in [6.07, 6.45) is 0. The minimum absolute atomic E-state index is 0.0249. The third-order valence-corrected chi connectivity index (χ3v) is 3.94. The Morgan fingerprint density at radius 2 is 1.77 bits per heavy atom. The lowest BCUT2D eigenvalue weighted by molar-refractivity contribution is -0.119. The monoisotopic (exact) mass is 373 g/mol. The van der Waals surface area contributed by atoms with Crippen molar-refractivity contribution in [3.63, 3.8) is 0 Å². The fraction of sp³-hybridized carbons (Fsp3) is 0.0526. The number of aromatic hydroxyl groups is 1. The molecule has 0 unspecified atom stereocenters. The number of carbonyl (C=O) groups excluding carboxylic acids is 2.